The summed E-state index contributed by atoms with van der Waals surface area (Å²) >= 11 is 0. The number of hydrogen-bond acceptors (Lipinski definition) is 6. The fourth-order valence-electron chi connectivity index (χ4n) is 4.23. The Morgan fingerprint density at radius 3 is 2.83 bits per heavy atom. The molecular weight excluding hydrogens is 382 g/mol. The first-order chi connectivity index (χ1) is 14.6. The molecule has 8 heteroatoms. The summed E-state index contributed by atoms with van der Waals surface area (Å²) < 4.78 is 5.39. The Labute approximate surface area is 176 Å². The average Bonchev–Trinajstić information content (AvgIpc) is 3.16. The number of amides is 2. The molecule has 2 aromatic rings. The van der Waals surface area contributed by atoms with E-state index in [9.17, 15) is 9.59 Å². The van der Waals surface area contributed by atoms with Gasteiger partial charge in [0.1, 0.15) is 0 Å². The Kier molecular flexibility index (Phi) is 6.40. The molecule has 0 bridgehead atoms. The predicted molar refractivity (Wildman–Crippen MR) is 110 cm³/mol. The predicted octanol–water partition coefficient (Wildman–Crippen LogP) is 2.36. The van der Waals surface area contributed by atoms with Crippen LogP contribution in [-0.2, 0) is 22.4 Å². The van der Waals surface area contributed by atoms with E-state index in [-0.39, 0.29) is 17.9 Å². The van der Waals surface area contributed by atoms with E-state index < -0.39 is 0 Å². The van der Waals surface area contributed by atoms with E-state index >= 15 is 0 Å². The first-order valence-electron chi connectivity index (χ1n) is 10.9. The van der Waals surface area contributed by atoms with Gasteiger partial charge in [-0.3, -0.25) is 14.6 Å². The van der Waals surface area contributed by atoms with Crippen LogP contribution in [-0.4, -0.2) is 62.4 Å². The normalized spacial score (nSPS) is 19.4. The molecule has 8 nitrogen and oxygen atoms in total. The monoisotopic (exact) mass is 411 g/mol. The molecule has 1 saturated heterocycles. The molecule has 0 aromatic carbocycles. The number of nitrogens with zero attached hydrogens (tertiary/aromatic N) is 5. The number of carbonyl (C=O) groups excluding carboxylic acids is 2. The van der Waals surface area contributed by atoms with Crippen LogP contribution < -0.4 is 0 Å². The third-order valence-electron chi connectivity index (χ3n) is 6.19. The van der Waals surface area contributed by atoms with Gasteiger partial charge in [0.25, 0.3) is 0 Å². The van der Waals surface area contributed by atoms with Gasteiger partial charge in [-0.2, -0.15) is 4.98 Å². The lowest BCUT2D eigenvalue weighted by Crippen LogP contribution is -2.52. The largest absolute Gasteiger partial charge is 0.340 e. The lowest BCUT2D eigenvalue weighted by molar-refractivity contribution is -0.138. The minimum absolute atomic E-state index is 0.0178. The number of aromatic nitrogens is 3. The lowest BCUT2D eigenvalue weighted by atomic mass is 9.85. The summed E-state index contributed by atoms with van der Waals surface area (Å²) in [5, 5.41) is 4.09. The molecule has 2 fully saturated rings. The van der Waals surface area contributed by atoms with Crippen molar-refractivity contribution in [2.75, 3.05) is 19.6 Å². The number of piperidine rings is 1. The molecule has 1 unspecified atom stereocenters. The molecule has 1 aliphatic heterocycles. The van der Waals surface area contributed by atoms with Gasteiger partial charge in [-0.15, -0.1) is 0 Å². The second-order valence-electron chi connectivity index (χ2n) is 8.31. The van der Waals surface area contributed by atoms with Crippen molar-refractivity contribution in [3.63, 3.8) is 0 Å². The van der Waals surface area contributed by atoms with Gasteiger partial charge < -0.3 is 14.3 Å². The van der Waals surface area contributed by atoms with E-state index in [1.807, 2.05) is 21.9 Å². The van der Waals surface area contributed by atoms with E-state index in [1.165, 1.54) is 6.42 Å². The van der Waals surface area contributed by atoms with Crippen LogP contribution in [0.3, 0.4) is 0 Å². The van der Waals surface area contributed by atoms with E-state index in [2.05, 4.69) is 15.1 Å². The maximum Gasteiger partial charge on any atom is 0.229 e. The summed E-state index contributed by atoms with van der Waals surface area (Å²) in [4.78, 5) is 37.4. The quantitative estimate of drug-likeness (QED) is 0.694. The second-order valence-corrected chi connectivity index (χ2v) is 8.31. The molecule has 30 heavy (non-hydrogen) atoms. The smallest absolute Gasteiger partial charge is 0.229 e. The number of hydrogen-bond donors (Lipinski definition) is 0. The molecule has 4 rings (SSSR count). The lowest BCUT2D eigenvalue weighted by Gasteiger charge is -2.39. The highest BCUT2D eigenvalue weighted by molar-refractivity contribution is 5.79. The van der Waals surface area contributed by atoms with Crippen LogP contribution in [0.15, 0.2) is 29.0 Å². The van der Waals surface area contributed by atoms with Crippen molar-refractivity contribution >= 4 is 11.8 Å². The maximum absolute atomic E-state index is 12.7. The van der Waals surface area contributed by atoms with Crippen molar-refractivity contribution in [1.82, 2.24) is 24.9 Å². The zero-order valence-corrected chi connectivity index (χ0v) is 17.5. The van der Waals surface area contributed by atoms with Gasteiger partial charge in [-0.05, 0) is 37.3 Å². The molecular formula is C22H29N5O3. The fourth-order valence-corrected chi connectivity index (χ4v) is 4.23. The molecule has 3 heterocycles. The summed E-state index contributed by atoms with van der Waals surface area (Å²) in [7, 11) is 0. The molecule has 1 atom stereocenters. The van der Waals surface area contributed by atoms with Gasteiger partial charge in [-0.25, -0.2) is 0 Å². The second kappa shape index (κ2) is 9.36. The van der Waals surface area contributed by atoms with Crippen LogP contribution in [0.1, 0.15) is 62.2 Å². The van der Waals surface area contributed by atoms with Gasteiger partial charge in [-0.1, -0.05) is 17.6 Å². The van der Waals surface area contributed by atoms with Gasteiger partial charge >= 0.3 is 0 Å². The van der Waals surface area contributed by atoms with Crippen LogP contribution in [0.5, 0.6) is 0 Å². The van der Waals surface area contributed by atoms with E-state index in [4.69, 9.17) is 4.52 Å². The number of carbonyl (C=O) groups is 2. The Hall–Kier alpha value is -2.77. The minimum atomic E-state index is 0.0178. The van der Waals surface area contributed by atoms with Crippen LogP contribution in [0.25, 0.3) is 0 Å². The molecule has 0 radical (unpaired) electrons. The van der Waals surface area contributed by atoms with E-state index in [0.29, 0.717) is 37.7 Å². The van der Waals surface area contributed by atoms with Crippen LogP contribution in [0.4, 0.5) is 0 Å². The number of rotatable bonds is 7. The Balaban J connectivity index is 1.34. The summed E-state index contributed by atoms with van der Waals surface area (Å²) in [5.41, 5.74) is 0.910. The molecule has 2 aliphatic rings. The average molecular weight is 412 g/mol. The Morgan fingerprint density at radius 2 is 2.13 bits per heavy atom. The van der Waals surface area contributed by atoms with Crippen molar-refractivity contribution < 1.29 is 14.1 Å². The van der Waals surface area contributed by atoms with Crippen molar-refractivity contribution in [1.29, 1.82) is 0 Å². The van der Waals surface area contributed by atoms with Gasteiger partial charge in [0.15, 0.2) is 5.82 Å². The molecule has 1 aliphatic carbocycles. The standard InChI is InChI=1S/C22H29N5O3/c1-16(28)27(12-9-20-24-22(30-25-20)18-6-2-7-18)19-8-4-11-26(15-19)21(29)13-17-5-3-10-23-14-17/h3,5,10,14,18-19H,2,4,6-9,11-13,15H2,1H3. The molecule has 1 saturated carbocycles. The third kappa shape index (κ3) is 4.86. The van der Waals surface area contributed by atoms with Crippen molar-refractivity contribution in [3.05, 3.63) is 41.8 Å². The molecule has 160 valence electrons. The van der Waals surface area contributed by atoms with Crippen LogP contribution >= 0.6 is 0 Å². The Bertz CT molecular complexity index is 865. The highest BCUT2D eigenvalue weighted by Gasteiger charge is 2.30. The van der Waals surface area contributed by atoms with Crippen molar-refractivity contribution in [2.45, 2.75) is 63.8 Å². The molecule has 2 amide bonds. The van der Waals surface area contributed by atoms with Crippen molar-refractivity contribution in [2.24, 2.45) is 0 Å². The summed E-state index contributed by atoms with van der Waals surface area (Å²) in [6.45, 7) is 3.43. The highest BCUT2D eigenvalue weighted by Crippen LogP contribution is 2.35. The zero-order chi connectivity index (χ0) is 20.9. The minimum Gasteiger partial charge on any atom is -0.340 e. The topological polar surface area (TPSA) is 92.4 Å². The van der Waals surface area contributed by atoms with E-state index in [0.717, 1.165) is 43.7 Å². The zero-order valence-electron chi connectivity index (χ0n) is 17.5. The van der Waals surface area contributed by atoms with Gasteiger partial charge in [0, 0.05) is 57.3 Å². The van der Waals surface area contributed by atoms with Crippen molar-refractivity contribution in [3.8, 4) is 0 Å². The first kappa shape index (κ1) is 20.5. The SMILES string of the molecule is CC(=O)N(CCc1noc(C2CCC2)n1)C1CCCN(C(=O)Cc2cccnc2)C1. The van der Waals surface area contributed by atoms with Gasteiger partial charge in [0.2, 0.25) is 17.7 Å². The number of likely N-dealkylation sites (tertiary alicyclic amines) is 1. The molecule has 0 N–H and O–H groups in total. The third-order valence-corrected chi connectivity index (χ3v) is 6.19. The first-order valence-corrected chi connectivity index (χ1v) is 10.9. The maximum atomic E-state index is 12.7. The summed E-state index contributed by atoms with van der Waals surface area (Å²) in [6, 6.07) is 3.77. The van der Waals surface area contributed by atoms with Crippen LogP contribution in [0, 0.1) is 0 Å². The fraction of sp³-hybridized carbons (Fsp3) is 0.591. The van der Waals surface area contributed by atoms with Crippen LogP contribution in [0.2, 0.25) is 0 Å². The highest BCUT2D eigenvalue weighted by atomic mass is 16.5. The van der Waals surface area contributed by atoms with Gasteiger partial charge in [0.05, 0.1) is 6.42 Å². The summed E-state index contributed by atoms with van der Waals surface area (Å²) in [6.07, 6.45) is 9.58. The number of pyridine rings is 1. The molecule has 2 aromatic heterocycles. The Morgan fingerprint density at radius 1 is 1.27 bits per heavy atom. The van der Waals surface area contributed by atoms with E-state index in [1.54, 1.807) is 19.3 Å². The molecule has 0 spiro atoms. The summed E-state index contributed by atoms with van der Waals surface area (Å²) in [5.74, 6) is 1.90.